The zero-order valence-electron chi connectivity index (χ0n) is 12.6. The number of nitrogens with zero attached hydrogens (tertiary/aromatic N) is 1. The maximum atomic E-state index is 11.9. The third kappa shape index (κ3) is 4.06. The summed E-state index contributed by atoms with van der Waals surface area (Å²) in [6.07, 6.45) is -2.99. The molecule has 0 radical (unpaired) electrons. The Bertz CT molecular complexity index is 704. The van der Waals surface area contributed by atoms with Gasteiger partial charge < -0.3 is 30.5 Å². The third-order valence-electron chi connectivity index (χ3n) is 3.68. The van der Waals surface area contributed by atoms with Crippen molar-refractivity contribution in [3.63, 3.8) is 0 Å². The number of carboxylic acid groups (broad SMARTS) is 1. The summed E-state index contributed by atoms with van der Waals surface area (Å²) < 4.78 is 6.68. The Hall–Kier alpha value is -1.63. The molecule has 24 heavy (non-hydrogen) atoms. The molecular weight excluding hydrogens is 342 g/mol. The highest BCUT2D eigenvalue weighted by Gasteiger charge is 2.43. The van der Waals surface area contributed by atoms with Crippen LogP contribution in [0.25, 0.3) is 0 Å². The SMILES string of the molecule is O=C(O)CNCCc1cn([C@@H]2O[C@H](CO)[C@@H](O)[C@H]2O)c(=S)[nH]c1=O. The Morgan fingerprint density at radius 3 is 2.71 bits per heavy atom. The standard InChI is InChI=1S/C13H19N3O7S/c17-5-7-9(20)10(21)12(23-7)16-4-6(11(22)15-13(16)24)1-2-14-3-8(18)19/h4,7,9-10,12,14,17,20-21H,1-3,5H2,(H,18,19)(H,15,22,24)/t7-,9-,10-,12-/m1/s1. The summed E-state index contributed by atoms with van der Waals surface area (Å²) in [5.74, 6) is -1.01. The predicted octanol–water partition coefficient (Wildman–Crippen LogP) is -2.27. The van der Waals surface area contributed by atoms with Crippen LogP contribution in [0, 0.1) is 4.77 Å². The van der Waals surface area contributed by atoms with E-state index >= 15 is 0 Å². The summed E-state index contributed by atoms with van der Waals surface area (Å²) >= 11 is 5.05. The monoisotopic (exact) mass is 361 g/mol. The van der Waals surface area contributed by atoms with Gasteiger partial charge >= 0.3 is 5.97 Å². The van der Waals surface area contributed by atoms with Gasteiger partial charge in [-0.3, -0.25) is 19.1 Å². The molecule has 1 saturated heterocycles. The number of carbonyl (C=O) groups is 1. The van der Waals surface area contributed by atoms with Gasteiger partial charge in [0.15, 0.2) is 11.0 Å². The zero-order valence-corrected chi connectivity index (χ0v) is 13.4. The van der Waals surface area contributed by atoms with Crippen molar-refractivity contribution < 1.29 is 30.0 Å². The predicted molar refractivity (Wildman–Crippen MR) is 83.1 cm³/mol. The van der Waals surface area contributed by atoms with Crippen molar-refractivity contribution in [1.29, 1.82) is 0 Å². The van der Waals surface area contributed by atoms with Crippen LogP contribution in [0.5, 0.6) is 0 Å². The Labute approximate surface area is 141 Å². The van der Waals surface area contributed by atoms with E-state index in [1.165, 1.54) is 10.8 Å². The highest BCUT2D eigenvalue weighted by molar-refractivity contribution is 7.71. The van der Waals surface area contributed by atoms with Gasteiger partial charge in [-0.05, 0) is 25.2 Å². The fraction of sp³-hybridized carbons (Fsp3) is 0.615. The molecule has 10 nitrogen and oxygen atoms in total. The quantitative estimate of drug-likeness (QED) is 0.233. The van der Waals surface area contributed by atoms with Crippen LogP contribution in [0.15, 0.2) is 11.0 Å². The molecule has 0 aliphatic carbocycles. The highest BCUT2D eigenvalue weighted by atomic mass is 32.1. The summed E-state index contributed by atoms with van der Waals surface area (Å²) in [4.78, 5) is 24.8. The van der Waals surface area contributed by atoms with Gasteiger partial charge in [0.2, 0.25) is 0 Å². The normalized spacial score (nSPS) is 26.6. The molecule has 1 aromatic heterocycles. The number of aliphatic hydroxyl groups is 3. The van der Waals surface area contributed by atoms with Crippen LogP contribution in [0.1, 0.15) is 11.8 Å². The van der Waals surface area contributed by atoms with Crippen molar-refractivity contribution in [3.8, 4) is 0 Å². The van der Waals surface area contributed by atoms with Gasteiger partial charge in [0.1, 0.15) is 18.3 Å². The Balaban J connectivity index is 2.19. The van der Waals surface area contributed by atoms with Crippen LogP contribution >= 0.6 is 12.2 Å². The van der Waals surface area contributed by atoms with E-state index in [-0.39, 0.29) is 24.3 Å². The molecule has 2 heterocycles. The number of aromatic amines is 1. The van der Waals surface area contributed by atoms with E-state index in [1.807, 2.05) is 0 Å². The van der Waals surface area contributed by atoms with Crippen molar-refractivity contribution >= 4 is 18.2 Å². The molecule has 0 unspecified atom stereocenters. The van der Waals surface area contributed by atoms with E-state index in [0.717, 1.165) is 0 Å². The van der Waals surface area contributed by atoms with Crippen molar-refractivity contribution in [1.82, 2.24) is 14.9 Å². The number of aromatic nitrogens is 2. The fourth-order valence-electron chi connectivity index (χ4n) is 2.42. The molecule has 1 aliphatic heterocycles. The third-order valence-corrected chi connectivity index (χ3v) is 3.99. The van der Waals surface area contributed by atoms with Gasteiger partial charge in [-0.1, -0.05) is 0 Å². The van der Waals surface area contributed by atoms with E-state index < -0.39 is 42.7 Å². The lowest BCUT2D eigenvalue weighted by atomic mass is 10.1. The average Bonchev–Trinajstić information content (AvgIpc) is 2.81. The molecule has 0 amide bonds. The molecular formula is C13H19N3O7S. The molecule has 0 aromatic carbocycles. The molecule has 1 aromatic rings. The van der Waals surface area contributed by atoms with Gasteiger partial charge in [0, 0.05) is 11.8 Å². The topological polar surface area (TPSA) is 157 Å². The van der Waals surface area contributed by atoms with E-state index in [4.69, 9.17) is 27.2 Å². The van der Waals surface area contributed by atoms with Crippen LogP contribution in [-0.4, -0.2) is 74.0 Å². The van der Waals surface area contributed by atoms with Crippen molar-refractivity contribution in [2.45, 2.75) is 31.0 Å². The number of rotatable bonds is 7. The number of ether oxygens (including phenoxy) is 1. The first-order valence-corrected chi connectivity index (χ1v) is 7.65. The number of hydrogen-bond donors (Lipinski definition) is 6. The first kappa shape index (κ1) is 18.7. The fourth-order valence-corrected chi connectivity index (χ4v) is 2.67. The van der Waals surface area contributed by atoms with Gasteiger partial charge in [-0.2, -0.15) is 0 Å². The van der Waals surface area contributed by atoms with Crippen molar-refractivity contribution in [2.24, 2.45) is 0 Å². The Morgan fingerprint density at radius 2 is 2.12 bits per heavy atom. The van der Waals surface area contributed by atoms with Crippen LogP contribution in [-0.2, 0) is 16.0 Å². The van der Waals surface area contributed by atoms with Gasteiger partial charge in [-0.15, -0.1) is 0 Å². The van der Waals surface area contributed by atoms with Crippen LogP contribution in [0.2, 0.25) is 0 Å². The minimum atomic E-state index is -1.32. The molecule has 6 N–H and O–H groups in total. The van der Waals surface area contributed by atoms with Crippen LogP contribution < -0.4 is 10.9 Å². The first-order valence-electron chi connectivity index (χ1n) is 7.24. The molecule has 11 heteroatoms. The van der Waals surface area contributed by atoms with Crippen molar-refractivity contribution in [2.75, 3.05) is 19.7 Å². The second kappa shape index (κ2) is 7.96. The average molecular weight is 361 g/mol. The molecule has 0 saturated carbocycles. The second-order valence-corrected chi connectivity index (χ2v) is 5.76. The lowest BCUT2D eigenvalue weighted by Gasteiger charge is -2.19. The number of nitrogens with one attached hydrogen (secondary N) is 2. The number of aliphatic carboxylic acids is 1. The van der Waals surface area contributed by atoms with E-state index in [2.05, 4.69) is 10.3 Å². The minimum Gasteiger partial charge on any atom is -0.480 e. The maximum absolute atomic E-state index is 11.9. The largest absolute Gasteiger partial charge is 0.480 e. The van der Waals surface area contributed by atoms with Crippen molar-refractivity contribution in [3.05, 3.63) is 26.9 Å². The molecule has 1 aliphatic rings. The number of H-pyrrole nitrogens is 1. The van der Waals surface area contributed by atoms with Crippen LogP contribution in [0.4, 0.5) is 0 Å². The summed E-state index contributed by atoms with van der Waals surface area (Å²) in [5.41, 5.74) is -0.126. The van der Waals surface area contributed by atoms with Gasteiger partial charge in [0.25, 0.3) is 5.56 Å². The second-order valence-electron chi connectivity index (χ2n) is 5.37. The number of hydrogen-bond acceptors (Lipinski definition) is 8. The minimum absolute atomic E-state index is 0.00270. The molecule has 1 fully saturated rings. The maximum Gasteiger partial charge on any atom is 0.317 e. The summed E-state index contributed by atoms with van der Waals surface area (Å²) in [7, 11) is 0. The number of aliphatic hydroxyl groups excluding tert-OH is 3. The highest BCUT2D eigenvalue weighted by Crippen LogP contribution is 2.29. The van der Waals surface area contributed by atoms with E-state index in [9.17, 15) is 19.8 Å². The summed E-state index contributed by atoms with van der Waals surface area (Å²) in [6.45, 7) is -0.453. The van der Waals surface area contributed by atoms with E-state index in [0.29, 0.717) is 5.56 Å². The zero-order chi connectivity index (χ0) is 17.9. The lowest BCUT2D eigenvalue weighted by Crippen LogP contribution is -2.34. The van der Waals surface area contributed by atoms with E-state index in [1.54, 1.807) is 0 Å². The molecule has 0 spiro atoms. The number of carboxylic acids is 1. The summed E-state index contributed by atoms with van der Waals surface area (Å²) in [6, 6.07) is 0. The molecule has 4 atom stereocenters. The summed E-state index contributed by atoms with van der Waals surface area (Å²) in [5, 5.41) is 40.2. The van der Waals surface area contributed by atoms with Gasteiger partial charge in [-0.25, -0.2) is 0 Å². The molecule has 0 bridgehead atoms. The first-order chi connectivity index (χ1) is 11.3. The Kier molecular flexibility index (Phi) is 6.21. The Morgan fingerprint density at radius 1 is 1.42 bits per heavy atom. The lowest BCUT2D eigenvalue weighted by molar-refractivity contribution is -0.135. The van der Waals surface area contributed by atoms with Crippen LogP contribution in [0.3, 0.4) is 0 Å². The smallest absolute Gasteiger partial charge is 0.317 e. The van der Waals surface area contributed by atoms with Gasteiger partial charge in [0.05, 0.1) is 13.2 Å². The molecule has 2 rings (SSSR count). The molecule has 134 valence electrons.